The summed E-state index contributed by atoms with van der Waals surface area (Å²) in [7, 11) is 0. The lowest BCUT2D eigenvalue weighted by molar-refractivity contribution is 0.152. The van der Waals surface area contributed by atoms with E-state index in [-0.39, 0.29) is 0 Å². The molecule has 0 aromatic heterocycles. The zero-order valence-electron chi connectivity index (χ0n) is 13.0. The molecule has 0 aliphatic rings. The van der Waals surface area contributed by atoms with Crippen LogP contribution in [0.4, 0.5) is 0 Å². The minimum absolute atomic E-state index is 0.710. The Bertz CT molecular complexity index is 194. The second-order valence-corrected chi connectivity index (χ2v) is 4.46. The first-order chi connectivity index (χ1) is 9.35. The lowest BCUT2D eigenvalue weighted by atomic mass is 10.1. The van der Waals surface area contributed by atoms with Gasteiger partial charge in [0.1, 0.15) is 0 Å². The number of ether oxygens (including phenoxy) is 2. The summed E-state index contributed by atoms with van der Waals surface area (Å²) in [5, 5.41) is 3.38. The minimum Gasteiger partial charge on any atom is -0.380 e. The van der Waals surface area contributed by atoms with Crippen LogP contribution in [0.25, 0.3) is 0 Å². The van der Waals surface area contributed by atoms with Gasteiger partial charge in [-0.25, -0.2) is 0 Å². The molecular weight excluding hydrogens is 240 g/mol. The van der Waals surface area contributed by atoms with E-state index in [9.17, 15) is 0 Å². The first-order valence-electron chi connectivity index (χ1n) is 7.77. The quantitative estimate of drug-likeness (QED) is 0.318. The Morgan fingerprint density at radius 2 is 1.68 bits per heavy atom. The highest BCUT2D eigenvalue weighted by Gasteiger charge is 1.99. The van der Waals surface area contributed by atoms with Gasteiger partial charge in [-0.1, -0.05) is 26.2 Å². The summed E-state index contributed by atoms with van der Waals surface area (Å²) in [6.07, 6.45) is 6.12. The van der Waals surface area contributed by atoms with Crippen LogP contribution in [0.3, 0.4) is 0 Å². The van der Waals surface area contributed by atoms with Gasteiger partial charge in [-0.3, -0.25) is 4.99 Å². The number of hydrogen-bond donors (Lipinski definition) is 1. The van der Waals surface area contributed by atoms with Crippen LogP contribution in [0.2, 0.25) is 0 Å². The Morgan fingerprint density at radius 1 is 0.947 bits per heavy atom. The van der Waals surface area contributed by atoms with E-state index in [4.69, 9.17) is 9.47 Å². The molecule has 0 aliphatic heterocycles. The number of amidine groups is 1. The number of nitrogens with zero attached hydrogens (tertiary/aromatic N) is 1. The zero-order valence-corrected chi connectivity index (χ0v) is 13.0. The van der Waals surface area contributed by atoms with Crippen molar-refractivity contribution >= 4 is 5.84 Å². The molecule has 0 bridgehead atoms. The molecule has 0 aliphatic carbocycles. The Labute approximate surface area is 119 Å². The summed E-state index contributed by atoms with van der Waals surface area (Å²) >= 11 is 0. The maximum Gasteiger partial charge on any atom is 0.0964 e. The molecule has 0 saturated heterocycles. The van der Waals surface area contributed by atoms with Crippen LogP contribution in [-0.4, -0.2) is 45.4 Å². The van der Waals surface area contributed by atoms with Gasteiger partial charge in [-0.05, 0) is 20.3 Å². The molecule has 114 valence electrons. The van der Waals surface area contributed by atoms with Gasteiger partial charge >= 0.3 is 0 Å². The third-order valence-electron chi connectivity index (χ3n) is 2.79. The summed E-state index contributed by atoms with van der Waals surface area (Å²) in [6.45, 7) is 10.8. The largest absolute Gasteiger partial charge is 0.380 e. The number of nitrogens with one attached hydrogen (secondary N) is 1. The molecule has 0 fully saturated rings. The van der Waals surface area contributed by atoms with E-state index >= 15 is 0 Å². The standard InChI is InChI=1S/C15H32N2O2/c1-4-7-8-9-10-15(16-11-13-18-5-2)17-12-14-19-6-3/h4-14H2,1-3H3,(H,16,17). The summed E-state index contributed by atoms with van der Waals surface area (Å²) in [4.78, 5) is 4.58. The number of hydrogen-bond acceptors (Lipinski definition) is 3. The predicted octanol–water partition coefficient (Wildman–Crippen LogP) is 3.02. The maximum absolute atomic E-state index is 5.33. The van der Waals surface area contributed by atoms with Crippen molar-refractivity contribution < 1.29 is 9.47 Å². The Kier molecular flexibility index (Phi) is 15.0. The number of rotatable bonds is 13. The SMILES string of the molecule is CCCCCCC(=NCCOCC)NCCOCC. The van der Waals surface area contributed by atoms with Gasteiger partial charge in [0.25, 0.3) is 0 Å². The first kappa shape index (κ1) is 18.4. The summed E-state index contributed by atoms with van der Waals surface area (Å²) in [6, 6.07) is 0. The van der Waals surface area contributed by atoms with E-state index < -0.39 is 0 Å². The molecule has 0 aromatic rings. The average Bonchev–Trinajstić information content (AvgIpc) is 2.43. The smallest absolute Gasteiger partial charge is 0.0964 e. The first-order valence-corrected chi connectivity index (χ1v) is 7.77. The monoisotopic (exact) mass is 272 g/mol. The molecule has 0 saturated carbocycles. The zero-order chi connectivity index (χ0) is 14.2. The van der Waals surface area contributed by atoms with E-state index in [1.54, 1.807) is 0 Å². The Balaban J connectivity index is 3.84. The highest BCUT2D eigenvalue weighted by atomic mass is 16.5. The summed E-state index contributed by atoms with van der Waals surface area (Å²) in [5.41, 5.74) is 0. The second kappa shape index (κ2) is 15.4. The van der Waals surface area contributed by atoms with Crippen LogP contribution in [0.1, 0.15) is 52.9 Å². The number of aliphatic imine (C=N–C) groups is 1. The van der Waals surface area contributed by atoms with Gasteiger partial charge < -0.3 is 14.8 Å². The van der Waals surface area contributed by atoms with Crippen LogP contribution < -0.4 is 5.32 Å². The molecule has 0 radical (unpaired) electrons. The van der Waals surface area contributed by atoms with Gasteiger partial charge in [0.15, 0.2) is 0 Å². The molecule has 0 spiro atoms. The lowest BCUT2D eigenvalue weighted by Crippen LogP contribution is -2.28. The topological polar surface area (TPSA) is 42.8 Å². The van der Waals surface area contributed by atoms with Gasteiger partial charge in [0, 0.05) is 26.2 Å². The van der Waals surface area contributed by atoms with Gasteiger partial charge in [-0.2, -0.15) is 0 Å². The van der Waals surface area contributed by atoms with Crippen LogP contribution in [0, 0.1) is 0 Å². The van der Waals surface area contributed by atoms with Gasteiger partial charge in [-0.15, -0.1) is 0 Å². The molecular formula is C15H32N2O2. The Hall–Kier alpha value is -0.610. The molecule has 0 unspecified atom stereocenters. The van der Waals surface area contributed by atoms with Crippen molar-refractivity contribution in [3.05, 3.63) is 0 Å². The average molecular weight is 272 g/mol. The lowest BCUT2D eigenvalue weighted by Gasteiger charge is -2.10. The van der Waals surface area contributed by atoms with Crippen molar-refractivity contribution in [3.8, 4) is 0 Å². The fourth-order valence-electron chi connectivity index (χ4n) is 1.74. The molecule has 19 heavy (non-hydrogen) atoms. The normalized spacial score (nSPS) is 11.8. The third-order valence-corrected chi connectivity index (χ3v) is 2.79. The molecule has 0 atom stereocenters. The van der Waals surface area contributed by atoms with Crippen molar-refractivity contribution in [3.63, 3.8) is 0 Å². The van der Waals surface area contributed by atoms with Crippen LogP contribution in [0.5, 0.6) is 0 Å². The summed E-state index contributed by atoms with van der Waals surface area (Å²) < 4.78 is 10.6. The molecule has 1 N–H and O–H groups in total. The van der Waals surface area contributed by atoms with Crippen LogP contribution in [-0.2, 0) is 9.47 Å². The van der Waals surface area contributed by atoms with Crippen LogP contribution >= 0.6 is 0 Å². The molecule has 0 heterocycles. The fraction of sp³-hybridized carbons (Fsp3) is 0.933. The second-order valence-electron chi connectivity index (χ2n) is 4.46. The van der Waals surface area contributed by atoms with Crippen LogP contribution in [0.15, 0.2) is 4.99 Å². The third kappa shape index (κ3) is 13.6. The minimum atomic E-state index is 0.710. The molecule has 0 aromatic carbocycles. The summed E-state index contributed by atoms with van der Waals surface area (Å²) in [5.74, 6) is 1.11. The molecule has 4 heteroatoms. The number of unbranched alkanes of at least 4 members (excludes halogenated alkanes) is 3. The molecule has 4 nitrogen and oxygen atoms in total. The van der Waals surface area contributed by atoms with Crippen molar-refractivity contribution in [2.45, 2.75) is 52.9 Å². The maximum atomic E-state index is 5.33. The fourth-order valence-corrected chi connectivity index (χ4v) is 1.74. The van der Waals surface area contributed by atoms with Crippen molar-refractivity contribution in [2.24, 2.45) is 4.99 Å². The van der Waals surface area contributed by atoms with E-state index in [2.05, 4.69) is 17.2 Å². The predicted molar refractivity (Wildman–Crippen MR) is 82.0 cm³/mol. The van der Waals surface area contributed by atoms with E-state index in [1.165, 1.54) is 25.7 Å². The highest BCUT2D eigenvalue weighted by Crippen LogP contribution is 2.03. The highest BCUT2D eigenvalue weighted by molar-refractivity contribution is 5.82. The van der Waals surface area contributed by atoms with Crippen molar-refractivity contribution in [1.82, 2.24) is 5.32 Å². The molecule has 0 amide bonds. The molecule has 0 rings (SSSR count). The van der Waals surface area contributed by atoms with Gasteiger partial charge in [0.05, 0.1) is 25.6 Å². The van der Waals surface area contributed by atoms with E-state index in [1.807, 2.05) is 13.8 Å². The van der Waals surface area contributed by atoms with Crippen molar-refractivity contribution in [1.29, 1.82) is 0 Å². The van der Waals surface area contributed by atoms with E-state index in [0.29, 0.717) is 6.61 Å². The Morgan fingerprint density at radius 3 is 2.37 bits per heavy atom. The van der Waals surface area contributed by atoms with E-state index in [0.717, 1.165) is 45.2 Å². The van der Waals surface area contributed by atoms with Crippen molar-refractivity contribution in [2.75, 3.05) is 39.5 Å². The van der Waals surface area contributed by atoms with Gasteiger partial charge in [0.2, 0.25) is 0 Å².